The van der Waals surface area contributed by atoms with Crippen molar-refractivity contribution >= 4 is 11.6 Å². The Labute approximate surface area is 117 Å². The van der Waals surface area contributed by atoms with Gasteiger partial charge in [-0.25, -0.2) is 0 Å². The number of hydrogen-bond acceptors (Lipinski definition) is 3. The molecule has 0 aliphatic heterocycles. The van der Waals surface area contributed by atoms with Gasteiger partial charge < -0.3 is 15.4 Å². The van der Waals surface area contributed by atoms with Gasteiger partial charge in [0.1, 0.15) is 11.8 Å². The summed E-state index contributed by atoms with van der Waals surface area (Å²) >= 11 is 0. The zero-order valence-electron chi connectivity index (χ0n) is 11.8. The van der Waals surface area contributed by atoms with Crippen molar-refractivity contribution in [3.63, 3.8) is 0 Å². The second-order valence-corrected chi connectivity index (χ2v) is 4.91. The summed E-state index contributed by atoms with van der Waals surface area (Å²) in [5, 5.41) is 5.81. The minimum Gasteiger partial charge on any atom is -0.435 e. The highest BCUT2D eigenvalue weighted by molar-refractivity contribution is 5.84. The van der Waals surface area contributed by atoms with Gasteiger partial charge in [0.05, 0.1) is 0 Å². The standard InChI is InChI=1S/C14H20F2N2O2/c1-9(2)8-17-13(19)10(3)18-11-4-6-12(7-5-11)20-14(15)16/h4-7,9-10,14,18H,8H2,1-3H3,(H,17,19). The summed E-state index contributed by atoms with van der Waals surface area (Å²) in [6.07, 6.45) is 0. The van der Waals surface area contributed by atoms with Gasteiger partial charge in [0.15, 0.2) is 0 Å². The fraction of sp³-hybridized carbons (Fsp3) is 0.500. The van der Waals surface area contributed by atoms with Crippen LogP contribution in [0.4, 0.5) is 14.5 Å². The van der Waals surface area contributed by atoms with Crippen molar-refractivity contribution in [2.24, 2.45) is 5.92 Å². The molecule has 0 radical (unpaired) electrons. The third-order valence-electron chi connectivity index (χ3n) is 2.54. The highest BCUT2D eigenvalue weighted by Crippen LogP contribution is 2.18. The lowest BCUT2D eigenvalue weighted by atomic mass is 10.2. The number of nitrogens with one attached hydrogen (secondary N) is 2. The molecule has 0 aromatic heterocycles. The van der Waals surface area contributed by atoms with Crippen LogP contribution in [0.5, 0.6) is 5.75 Å². The third kappa shape index (κ3) is 5.86. The molecular weight excluding hydrogens is 266 g/mol. The topological polar surface area (TPSA) is 50.4 Å². The summed E-state index contributed by atoms with van der Waals surface area (Å²) in [4.78, 5) is 11.8. The van der Waals surface area contributed by atoms with E-state index in [1.165, 1.54) is 12.1 Å². The van der Waals surface area contributed by atoms with Crippen molar-refractivity contribution in [3.05, 3.63) is 24.3 Å². The maximum Gasteiger partial charge on any atom is 0.387 e. The van der Waals surface area contributed by atoms with Gasteiger partial charge >= 0.3 is 6.61 Å². The van der Waals surface area contributed by atoms with Gasteiger partial charge in [0.25, 0.3) is 0 Å². The van der Waals surface area contributed by atoms with E-state index < -0.39 is 12.7 Å². The first-order valence-corrected chi connectivity index (χ1v) is 6.47. The highest BCUT2D eigenvalue weighted by Gasteiger charge is 2.12. The Hall–Kier alpha value is -1.85. The monoisotopic (exact) mass is 286 g/mol. The summed E-state index contributed by atoms with van der Waals surface area (Å²) in [5.74, 6) is 0.367. The van der Waals surface area contributed by atoms with Crippen molar-refractivity contribution in [2.45, 2.75) is 33.4 Å². The SMILES string of the molecule is CC(C)CNC(=O)C(C)Nc1ccc(OC(F)F)cc1. The molecule has 1 unspecified atom stereocenters. The number of hydrogen-bond donors (Lipinski definition) is 2. The van der Waals surface area contributed by atoms with Gasteiger partial charge in [-0.15, -0.1) is 0 Å². The number of amides is 1. The number of halogens is 2. The van der Waals surface area contributed by atoms with Crippen LogP contribution in [-0.2, 0) is 4.79 Å². The molecule has 112 valence electrons. The molecular formula is C14H20F2N2O2. The summed E-state index contributed by atoms with van der Waals surface area (Å²) in [5.41, 5.74) is 0.666. The summed E-state index contributed by atoms with van der Waals surface area (Å²) in [7, 11) is 0. The normalized spacial score (nSPS) is 12.3. The van der Waals surface area contributed by atoms with E-state index in [1.807, 2.05) is 13.8 Å². The van der Waals surface area contributed by atoms with Crippen LogP contribution in [0.3, 0.4) is 0 Å². The van der Waals surface area contributed by atoms with E-state index in [0.29, 0.717) is 18.2 Å². The molecule has 1 aromatic carbocycles. The van der Waals surface area contributed by atoms with Crippen LogP contribution in [0.25, 0.3) is 0 Å². The van der Waals surface area contributed by atoms with Crippen LogP contribution in [0.1, 0.15) is 20.8 Å². The number of ether oxygens (including phenoxy) is 1. The Bertz CT molecular complexity index is 422. The zero-order chi connectivity index (χ0) is 15.1. The fourth-order valence-electron chi connectivity index (χ4n) is 1.51. The third-order valence-corrected chi connectivity index (χ3v) is 2.54. The average Bonchev–Trinajstić information content (AvgIpc) is 2.37. The molecule has 0 bridgehead atoms. The average molecular weight is 286 g/mol. The molecule has 20 heavy (non-hydrogen) atoms. The van der Waals surface area contributed by atoms with Gasteiger partial charge in [-0.2, -0.15) is 8.78 Å². The minimum absolute atomic E-state index is 0.0856. The lowest BCUT2D eigenvalue weighted by molar-refractivity contribution is -0.121. The molecule has 1 amide bonds. The molecule has 0 aliphatic carbocycles. The lowest BCUT2D eigenvalue weighted by Crippen LogP contribution is -2.39. The van der Waals surface area contributed by atoms with Gasteiger partial charge in [-0.3, -0.25) is 4.79 Å². The maximum absolute atomic E-state index is 12.0. The zero-order valence-corrected chi connectivity index (χ0v) is 11.8. The quantitative estimate of drug-likeness (QED) is 0.810. The molecule has 4 nitrogen and oxygen atoms in total. The highest BCUT2D eigenvalue weighted by atomic mass is 19.3. The Balaban J connectivity index is 2.49. The molecule has 1 atom stereocenters. The molecule has 1 aromatic rings. The summed E-state index contributed by atoms with van der Waals surface area (Å²) in [6, 6.07) is 5.62. The molecule has 0 saturated heterocycles. The molecule has 0 spiro atoms. The van der Waals surface area contributed by atoms with E-state index in [0.717, 1.165) is 0 Å². The molecule has 0 aliphatic rings. The van der Waals surface area contributed by atoms with E-state index >= 15 is 0 Å². The second kappa shape index (κ2) is 7.67. The first-order valence-electron chi connectivity index (χ1n) is 6.47. The van der Waals surface area contributed by atoms with E-state index in [4.69, 9.17) is 0 Å². The second-order valence-electron chi connectivity index (χ2n) is 4.91. The largest absolute Gasteiger partial charge is 0.435 e. The Morgan fingerprint density at radius 3 is 2.30 bits per heavy atom. The predicted molar refractivity (Wildman–Crippen MR) is 74.0 cm³/mol. The van der Waals surface area contributed by atoms with E-state index in [-0.39, 0.29) is 11.7 Å². The first kappa shape index (κ1) is 16.2. The number of rotatable bonds is 7. The number of carbonyl (C=O) groups is 1. The van der Waals surface area contributed by atoms with Crippen molar-refractivity contribution in [2.75, 3.05) is 11.9 Å². The van der Waals surface area contributed by atoms with Crippen LogP contribution in [0.15, 0.2) is 24.3 Å². The molecule has 0 fully saturated rings. The van der Waals surface area contributed by atoms with E-state index in [2.05, 4.69) is 15.4 Å². The molecule has 0 saturated carbocycles. The molecule has 2 N–H and O–H groups in total. The first-order chi connectivity index (χ1) is 9.38. The van der Waals surface area contributed by atoms with Crippen LogP contribution < -0.4 is 15.4 Å². The van der Waals surface area contributed by atoms with Crippen molar-refractivity contribution in [3.8, 4) is 5.75 Å². The number of benzene rings is 1. The van der Waals surface area contributed by atoms with Crippen LogP contribution in [0, 0.1) is 5.92 Å². The van der Waals surface area contributed by atoms with E-state index in [9.17, 15) is 13.6 Å². The number of carbonyl (C=O) groups excluding carboxylic acids is 1. The van der Waals surface area contributed by atoms with Gasteiger partial charge in [-0.05, 0) is 37.1 Å². The smallest absolute Gasteiger partial charge is 0.387 e. The van der Waals surface area contributed by atoms with Gasteiger partial charge in [0, 0.05) is 12.2 Å². The molecule has 1 rings (SSSR count). The Morgan fingerprint density at radius 1 is 1.20 bits per heavy atom. The van der Waals surface area contributed by atoms with Crippen LogP contribution in [-0.4, -0.2) is 25.1 Å². The lowest BCUT2D eigenvalue weighted by Gasteiger charge is -2.16. The van der Waals surface area contributed by atoms with E-state index in [1.54, 1.807) is 19.1 Å². The van der Waals surface area contributed by atoms with Crippen molar-refractivity contribution < 1.29 is 18.3 Å². The van der Waals surface area contributed by atoms with Crippen LogP contribution >= 0.6 is 0 Å². The molecule has 0 heterocycles. The maximum atomic E-state index is 12.0. The van der Waals surface area contributed by atoms with Crippen LogP contribution in [0.2, 0.25) is 0 Å². The van der Waals surface area contributed by atoms with Crippen molar-refractivity contribution in [1.29, 1.82) is 0 Å². The summed E-state index contributed by atoms with van der Waals surface area (Å²) in [6.45, 7) is 3.54. The van der Waals surface area contributed by atoms with Crippen molar-refractivity contribution in [1.82, 2.24) is 5.32 Å². The van der Waals surface area contributed by atoms with Gasteiger partial charge in [0.2, 0.25) is 5.91 Å². The van der Waals surface area contributed by atoms with Gasteiger partial charge in [-0.1, -0.05) is 13.8 Å². The predicted octanol–water partition coefficient (Wildman–Crippen LogP) is 2.86. The molecule has 6 heteroatoms. The number of anilines is 1. The minimum atomic E-state index is -2.84. The summed E-state index contributed by atoms with van der Waals surface area (Å²) < 4.78 is 28.2. The number of alkyl halides is 2. The Morgan fingerprint density at radius 2 is 1.80 bits per heavy atom. The Kier molecular flexibility index (Phi) is 6.21. The fourth-order valence-corrected chi connectivity index (χ4v) is 1.51.